The van der Waals surface area contributed by atoms with Crippen molar-refractivity contribution in [3.05, 3.63) is 29.3 Å². The lowest BCUT2D eigenvalue weighted by Crippen LogP contribution is -2.43. The van der Waals surface area contributed by atoms with Crippen molar-refractivity contribution in [2.24, 2.45) is 0 Å². The number of carboxylic acid groups (broad SMARTS) is 1. The summed E-state index contributed by atoms with van der Waals surface area (Å²) in [6.07, 6.45) is 0.674. The molecule has 108 valence electrons. The number of aromatic carboxylic acids is 1. The molecule has 2 N–H and O–H groups in total. The largest absolute Gasteiger partial charge is 0.478 e. The minimum atomic E-state index is -1.03. The van der Waals surface area contributed by atoms with Gasteiger partial charge in [0.25, 0.3) is 0 Å². The summed E-state index contributed by atoms with van der Waals surface area (Å²) in [5, 5.41) is 19.8. The predicted molar refractivity (Wildman–Crippen MR) is 72.7 cm³/mol. The molecule has 0 saturated heterocycles. The van der Waals surface area contributed by atoms with Crippen molar-refractivity contribution in [3.63, 3.8) is 0 Å². The van der Waals surface area contributed by atoms with Crippen molar-refractivity contribution in [1.82, 2.24) is 5.32 Å². The number of aryl methyl sites for hydroxylation is 1. The van der Waals surface area contributed by atoms with E-state index < -0.39 is 11.9 Å². The number of rotatable bonds is 4. The average molecular weight is 287 g/mol. The maximum absolute atomic E-state index is 11.9. The van der Waals surface area contributed by atoms with Crippen molar-refractivity contribution >= 4 is 23.5 Å². The Labute approximate surface area is 120 Å². The third-order valence-electron chi connectivity index (χ3n) is 3.19. The maximum Gasteiger partial charge on any atom is 0.335 e. The second-order valence-corrected chi connectivity index (χ2v) is 4.56. The quantitative estimate of drug-likeness (QED) is 0.774. The molecule has 0 aliphatic carbocycles. The number of carboxylic acids is 1. The van der Waals surface area contributed by atoms with Gasteiger partial charge in [-0.1, -0.05) is 0 Å². The SMILES string of the molecule is N#CCNC(=O)CN1C(=O)CCc2cc(C(=O)O)ccc21. The molecule has 1 aromatic rings. The zero-order chi connectivity index (χ0) is 15.4. The number of nitriles is 1. The van der Waals surface area contributed by atoms with E-state index in [9.17, 15) is 14.4 Å². The van der Waals surface area contributed by atoms with Crippen LogP contribution in [0.3, 0.4) is 0 Å². The molecule has 1 aliphatic heterocycles. The lowest BCUT2D eigenvalue weighted by Gasteiger charge is -2.29. The van der Waals surface area contributed by atoms with Gasteiger partial charge in [-0.05, 0) is 30.2 Å². The molecule has 0 unspecified atom stereocenters. The first-order chi connectivity index (χ1) is 10.0. The molecule has 0 aromatic heterocycles. The zero-order valence-electron chi connectivity index (χ0n) is 11.1. The van der Waals surface area contributed by atoms with Crippen LogP contribution < -0.4 is 10.2 Å². The highest BCUT2D eigenvalue weighted by Gasteiger charge is 2.26. The minimum absolute atomic E-state index is 0.119. The fourth-order valence-corrected chi connectivity index (χ4v) is 2.20. The zero-order valence-corrected chi connectivity index (χ0v) is 11.1. The van der Waals surface area contributed by atoms with Crippen LogP contribution in [0.2, 0.25) is 0 Å². The third kappa shape index (κ3) is 3.17. The van der Waals surface area contributed by atoms with Crippen LogP contribution in [-0.2, 0) is 16.0 Å². The lowest BCUT2D eigenvalue weighted by molar-refractivity contribution is -0.123. The van der Waals surface area contributed by atoms with Crippen molar-refractivity contribution in [1.29, 1.82) is 5.26 Å². The highest BCUT2D eigenvalue weighted by atomic mass is 16.4. The summed E-state index contributed by atoms with van der Waals surface area (Å²) in [5.74, 6) is -1.66. The average Bonchev–Trinajstić information content (AvgIpc) is 2.47. The Morgan fingerprint density at radius 2 is 2.14 bits per heavy atom. The van der Waals surface area contributed by atoms with E-state index in [1.807, 2.05) is 0 Å². The van der Waals surface area contributed by atoms with Crippen molar-refractivity contribution in [3.8, 4) is 6.07 Å². The number of anilines is 1. The van der Waals surface area contributed by atoms with Gasteiger partial charge >= 0.3 is 5.97 Å². The second kappa shape index (κ2) is 6.05. The summed E-state index contributed by atoms with van der Waals surface area (Å²) in [4.78, 5) is 35.9. The van der Waals surface area contributed by atoms with E-state index in [4.69, 9.17) is 10.4 Å². The van der Waals surface area contributed by atoms with E-state index in [-0.39, 0.29) is 31.0 Å². The lowest BCUT2D eigenvalue weighted by atomic mass is 9.98. The summed E-state index contributed by atoms with van der Waals surface area (Å²) in [6.45, 7) is -0.300. The van der Waals surface area contributed by atoms with Gasteiger partial charge in [-0.2, -0.15) is 5.26 Å². The van der Waals surface area contributed by atoms with Gasteiger partial charge in [-0.15, -0.1) is 0 Å². The Bertz CT molecular complexity index is 648. The van der Waals surface area contributed by atoms with Gasteiger partial charge in [-0.3, -0.25) is 9.59 Å². The van der Waals surface area contributed by atoms with Crippen molar-refractivity contribution in [2.75, 3.05) is 18.0 Å². The fourth-order valence-electron chi connectivity index (χ4n) is 2.20. The third-order valence-corrected chi connectivity index (χ3v) is 3.19. The molecule has 2 amide bonds. The van der Waals surface area contributed by atoms with E-state index in [2.05, 4.69) is 5.32 Å². The number of fused-ring (bicyclic) bond motifs is 1. The predicted octanol–water partition coefficient (Wildman–Crippen LogP) is 0.304. The summed E-state index contributed by atoms with van der Waals surface area (Å²) >= 11 is 0. The smallest absolute Gasteiger partial charge is 0.335 e. The number of hydrogen-bond donors (Lipinski definition) is 2. The molecule has 7 nitrogen and oxygen atoms in total. The van der Waals surface area contributed by atoms with Gasteiger partial charge in [0.2, 0.25) is 11.8 Å². The first-order valence-electron chi connectivity index (χ1n) is 6.33. The number of carbonyl (C=O) groups excluding carboxylic acids is 2. The highest BCUT2D eigenvalue weighted by molar-refractivity contribution is 6.01. The van der Waals surface area contributed by atoms with Crippen molar-refractivity contribution in [2.45, 2.75) is 12.8 Å². The van der Waals surface area contributed by atoms with Gasteiger partial charge < -0.3 is 15.3 Å². The standard InChI is InChI=1S/C14H13N3O4/c15-5-6-16-12(18)8-17-11-3-1-10(14(20)21)7-9(11)2-4-13(17)19/h1,3,7H,2,4,6,8H2,(H,16,18)(H,20,21). The molecule has 1 aliphatic rings. The number of amides is 2. The molecular weight excluding hydrogens is 274 g/mol. The molecule has 0 radical (unpaired) electrons. The number of hydrogen-bond acceptors (Lipinski definition) is 4. The van der Waals surface area contributed by atoms with Gasteiger partial charge in [-0.25, -0.2) is 4.79 Å². The Hall–Kier alpha value is -2.88. The van der Waals surface area contributed by atoms with Crippen molar-refractivity contribution < 1.29 is 19.5 Å². The molecule has 0 fully saturated rings. The molecule has 1 heterocycles. The Kier molecular flexibility index (Phi) is 4.18. The van der Waals surface area contributed by atoms with E-state index in [0.717, 1.165) is 5.56 Å². The van der Waals surface area contributed by atoms with Crippen LogP contribution in [0, 0.1) is 11.3 Å². The van der Waals surface area contributed by atoms with E-state index in [1.165, 1.54) is 23.1 Å². The first kappa shape index (κ1) is 14.5. The van der Waals surface area contributed by atoms with Crippen LogP contribution in [0.15, 0.2) is 18.2 Å². The molecule has 2 rings (SSSR count). The van der Waals surface area contributed by atoms with Crippen LogP contribution in [0.25, 0.3) is 0 Å². The molecule has 0 bridgehead atoms. The monoisotopic (exact) mass is 287 g/mol. The van der Waals surface area contributed by atoms with Crippen LogP contribution >= 0.6 is 0 Å². The normalized spacial score (nSPS) is 13.3. The molecule has 0 saturated carbocycles. The molecule has 0 atom stereocenters. The van der Waals surface area contributed by atoms with Crippen LogP contribution in [0.4, 0.5) is 5.69 Å². The van der Waals surface area contributed by atoms with Gasteiger partial charge in [0.1, 0.15) is 13.1 Å². The van der Waals surface area contributed by atoms with E-state index >= 15 is 0 Å². The molecule has 21 heavy (non-hydrogen) atoms. The molecular formula is C14H13N3O4. The Balaban J connectivity index is 2.24. The highest BCUT2D eigenvalue weighted by Crippen LogP contribution is 2.28. The number of nitrogens with one attached hydrogen (secondary N) is 1. The van der Waals surface area contributed by atoms with Crippen LogP contribution in [0.1, 0.15) is 22.3 Å². The summed E-state index contributed by atoms with van der Waals surface area (Å²) < 4.78 is 0. The Morgan fingerprint density at radius 1 is 1.38 bits per heavy atom. The minimum Gasteiger partial charge on any atom is -0.478 e. The Morgan fingerprint density at radius 3 is 2.81 bits per heavy atom. The second-order valence-electron chi connectivity index (χ2n) is 4.56. The van der Waals surface area contributed by atoms with Gasteiger partial charge in [0, 0.05) is 12.1 Å². The summed E-state index contributed by atoms with van der Waals surface area (Å²) in [5.41, 5.74) is 1.42. The topological polar surface area (TPSA) is 111 Å². The molecule has 0 spiro atoms. The van der Waals surface area contributed by atoms with Gasteiger partial charge in [0.05, 0.1) is 11.6 Å². The molecule has 1 aromatic carbocycles. The number of nitrogens with zero attached hydrogens (tertiary/aromatic N) is 2. The summed E-state index contributed by atoms with van der Waals surface area (Å²) in [7, 11) is 0. The van der Waals surface area contributed by atoms with E-state index in [1.54, 1.807) is 6.07 Å². The van der Waals surface area contributed by atoms with Crippen LogP contribution in [0.5, 0.6) is 0 Å². The number of carbonyl (C=O) groups is 3. The fraction of sp³-hybridized carbons (Fsp3) is 0.286. The van der Waals surface area contributed by atoms with E-state index in [0.29, 0.717) is 12.1 Å². The molecule has 7 heteroatoms. The maximum atomic E-state index is 11.9. The van der Waals surface area contributed by atoms with Gasteiger partial charge in [0.15, 0.2) is 0 Å². The number of benzene rings is 1. The van der Waals surface area contributed by atoms with Crippen LogP contribution in [-0.4, -0.2) is 36.0 Å². The first-order valence-corrected chi connectivity index (χ1v) is 6.33. The summed E-state index contributed by atoms with van der Waals surface area (Å²) in [6, 6.07) is 6.24.